The van der Waals surface area contributed by atoms with Crippen LogP contribution >= 0.6 is 67.8 Å². The summed E-state index contributed by atoms with van der Waals surface area (Å²) in [4.78, 5) is 0. The normalized spacial score (nSPS) is 20.1. The Labute approximate surface area is 270 Å². The van der Waals surface area contributed by atoms with Gasteiger partial charge in [-0.1, -0.05) is 24.6 Å². The van der Waals surface area contributed by atoms with Gasteiger partial charge >= 0.3 is 0 Å². The number of rotatable bonds is 8. The molecule has 2 nitrogen and oxygen atoms in total. The van der Waals surface area contributed by atoms with Gasteiger partial charge in [-0.05, 0) is 174 Å². The van der Waals surface area contributed by atoms with E-state index in [1.54, 1.807) is 7.11 Å². The first kappa shape index (κ1) is 28.0. The first-order valence-corrected chi connectivity index (χ1v) is 16.8. The zero-order valence-corrected chi connectivity index (χ0v) is 28.3. The summed E-state index contributed by atoms with van der Waals surface area (Å²) in [5.74, 6) is 3.79. The Bertz CT molecular complexity index is 1540. The van der Waals surface area contributed by atoms with Gasteiger partial charge in [0.1, 0.15) is 17.3 Å². The Kier molecular flexibility index (Phi) is 8.61. The molecule has 4 aromatic rings. The van der Waals surface area contributed by atoms with Gasteiger partial charge in [-0.3, -0.25) is 0 Å². The standard InChI is InChI=1S/C33H30FI3O2/c1-38-27-14-25(36)15-28(18-27)39-8-7-22-12-24(35)13-23(33(22)34)11-20-3-2-4-29-31(20)16-26(37)17-32(29)30-10-19-5-6-21(30)9-19/h2-4,12-19,21,30H,5-11H2,1H3. The molecule has 2 saturated carbocycles. The molecule has 6 heteroatoms. The molecule has 0 aromatic heterocycles. The fraction of sp³-hybridized carbons (Fsp3) is 0.333. The summed E-state index contributed by atoms with van der Waals surface area (Å²) in [7, 11) is 1.65. The van der Waals surface area contributed by atoms with Crippen LogP contribution < -0.4 is 9.47 Å². The predicted octanol–water partition coefficient (Wildman–Crippen LogP) is 9.92. The van der Waals surface area contributed by atoms with Gasteiger partial charge in [0.05, 0.1) is 13.7 Å². The van der Waals surface area contributed by atoms with Crippen molar-refractivity contribution in [3.63, 3.8) is 0 Å². The van der Waals surface area contributed by atoms with Crippen molar-refractivity contribution in [1.82, 2.24) is 0 Å². The van der Waals surface area contributed by atoms with Crippen LogP contribution in [-0.4, -0.2) is 13.7 Å². The van der Waals surface area contributed by atoms with Gasteiger partial charge in [0.15, 0.2) is 0 Å². The lowest BCUT2D eigenvalue weighted by Crippen LogP contribution is -2.09. The Balaban J connectivity index is 1.26. The van der Waals surface area contributed by atoms with Crippen molar-refractivity contribution in [1.29, 1.82) is 0 Å². The van der Waals surface area contributed by atoms with Crippen LogP contribution in [0.4, 0.5) is 4.39 Å². The average Bonchev–Trinajstić information content (AvgIpc) is 3.55. The van der Waals surface area contributed by atoms with Crippen LogP contribution in [0.2, 0.25) is 0 Å². The van der Waals surface area contributed by atoms with E-state index >= 15 is 4.39 Å². The van der Waals surface area contributed by atoms with Gasteiger partial charge in [0, 0.05) is 29.6 Å². The molecule has 2 aliphatic rings. The second-order valence-electron chi connectivity index (χ2n) is 10.9. The zero-order valence-electron chi connectivity index (χ0n) is 21.8. The molecule has 0 spiro atoms. The van der Waals surface area contributed by atoms with Crippen molar-refractivity contribution in [3.05, 3.63) is 99.4 Å². The average molecular weight is 858 g/mol. The number of methoxy groups -OCH3 is 1. The number of hydrogen-bond acceptors (Lipinski definition) is 2. The van der Waals surface area contributed by atoms with Gasteiger partial charge in [0.25, 0.3) is 0 Å². The summed E-state index contributed by atoms with van der Waals surface area (Å²) < 4.78 is 30.6. The van der Waals surface area contributed by atoms with Crippen molar-refractivity contribution in [2.24, 2.45) is 11.8 Å². The van der Waals surface area contributed by atoms with Gasteiger partial charge in [-0.25, -0.2) is 4.39 Å². The zero-order chi connectivity index (χ0) is 27.1. The van der Waals surface area contributed by atoms with E-state index in [2.05, 4.69) is 98.1 Å². The maximum Gasteiger partial charge on any atom is 0.130 e. The highest BCUT2D eigenvalue weighted by Crippen LogP contribution is 2.54. The second kappa shape index (κ2) is 12.0. The lowest BCUT2D eigenvalue weighted by atomic mass is 9.81. The molecule has 3 atom stereocenters. The van der Waals surface area contributed by atoms with E-state index in [0.717, 1.165) is 36.0 Å². The van der Waals surface area contributed by atoms with Crippen LogP contribution in [0, 0.1) is 28.4 Å². The molecule has 0 amide bonds. The summed E-state index contributed by atoms with van der Waals surface area (Å²) in [6, 6.07) is 21.0. The predicted molar refractivity (Wildman–Crippen MR) is 182 cm³/mol. The van der Waals surface area contributed by atoms with Crippen molar-refractivity contribution in [2.75, 3.05) is 13.7 Å². The largest absolute Gasteiger partial charge is 0.497 e. The highest BCUT2D eigenvalue weighted by Gasteiger charge is 2.40. The maximum absolute atomic E-state index is 15.9. The van der Waals surface area contributed by atoms with E-state index < -0.39 is 0 Å². The van der Waals surface area contributed by atoms with Crippen molar-refractivity contribution >= 4 is 78.5 Å². The van der Waals surface area contributed by atoms with Gasteiger partial charge in [0.2, 0.25) is 0 Å². The van der Waals surface area contributed by atoms with Crippen LogP contribution in [0.25, 0.3) is 10.8 Å². The molecule has 202 valence electrons. The van der Waals surface area contributed by atoms with Crippen LogP contribution in [-0.2, 0) is 12.8 Å². The molecule has 4 aromatic carbocycles. The molecule has 0 heterocycles. The number of fused-ring (bicyclic) bond motifs is 3. The number of halogens is 4. The van der Waals surface area contributed by atoms with E-state index in [-0.39, 0.29) is 5.82 Å². The van der Waals surface area contributed by atoms with Crippen LogP contribution in [0.3, 0.4) is 0 Å². The quantitative estimate of drug-likeness (QED) is 0.165. The maximum atomic E-state index is 15.9. The third kappa shape index (κ3) is 6.08. The Hall–Kier alpha value is -1.14. The molecule has 0 aliphatic heterocycles. The van der Waals surface area contributed by atoms with Gasteiger partial charge in [-0.2, -0.15) is 0 Å². The number of hydrogen-bond donors (Lipinski definition) is 0. The molecule has 39 heavy (non-hydrogen) atoms. The fourth-order valence-corrected chi connectivity index (χ4v) is 8.78. The third-order valence-electron chi connectivity index (χ3n) is 8.51. The van der Waals surface area contributed by atoms with Gasteiger partial charge in [-0.15, -0.1) is 0 Å². The Morgan fingerprint density at radius 2 is 1.56 bits per heavy atom. The summed E-state index contributed by atoms with van der Waals surface area (Å²) in [6.07, 6.45) is 6.60. The SMILES string of the molecule is COc1cc(I)cc(OCCc2cc(I)cc(Cc3cccc4c(C5CC6CCC5C6)cc(I)cc34)c2F)c1. The molecule has 0 N–H and O–H groups in total. The van der Waals surface area contributed by atoms with Crippen molar-refractivity contribution < 1.29 is 13.9 Å². The highest BCUT2D eigenvalue weighted by atomic mass is 127. The smallest absolute Gasteiger partial charge is 0.130 e. The summed E-state index contributed by atoms with van der Waals surface area (Å²) >= 11 is 7.02. The van der Waals surface area contributed by atoms with Crippen LogP contribution in [0.15, 0.2) is 60.7 Å². The van der Waals surface area contributed by atoms with Crippen LogP contribution in [0.5, 0.6) is 11.5 Å². The molecule has 2 aliphatic carbocycles. The fourth-order valence-electron chi connectivity index (χ4n) is 6.77. The Morgan fingerprint density at radius 1 is 0.795 bits per heavy atom. The molecule has 2 fully saturated rings. The Morgan fingerprint density at radius 3 is 2.33 bits per heavy atom. The van der Waals surface area contributed by atoms with Crippen LogP contribution in [0.1, 0.15) is 53.9 Å². The second-order valence-corrected chi connectivity index (χ2v) is 14.7. The molecular weight excluding hydrogens is 828 g/mol. The monoisotopic (exact) mass is 858 g/mol. The lowest BCUT2D eigenvalue weighted by Gasteiger charge is -2.24. The van der Waals surface area contributed by atoms with Crippen molar-refractivity contribution in [2.45, 2.75) is 44.4 Å². The van der Waals surface area contributed by atoms with E-state index in [1.807, 2.05) is 30.3 Å². The minimum absolute atomic E-state index is 0.116. The minimum atomic E-state index is -0.116. The first-order chi connectivity index (χ1) is 18.9. The topological polar surface area (TPSA) is 18.5 Å². The third-order valence-corrected chi connectivity index (χ3v) is 10.4. The summed E-state index contributed by atoms with van der Waals surface area (Å²) in [6.45, 7) is 0.402. The van der Waals surface area contributed by atoms with Crippen molar-refractivity contribution in [3.8, 4) is 11.5 Å². The summed E-state index contributed by atoms with van der Waals surface area (Å²) in [5.41, 5.74) is 4.16. The van der Waals surface area contributed by atoms with E-state index in [4.69, 9.17) is 9.47 Å². The molecule has 0 radical (unpaired) electrons. The first-order valence-electron chi connectivity index (χ1n) is 13.5. The number of ether oxygens (including phenoxy) is 2. The minimum Gasteiger partial charge on any atom is -0.497 e. The molecular formula is C33H30FI3O2. The molecule has 3 unspecified atom stereocenters. The molecule has 6 rings (SSSR count). The number of benzene rings is 4. The van der Waals surface area contributed by atoms with Gasteiger partial charge < -0.3 is 9.47 Å². The van der Waals surface area contributed by atoms with E-state index in [9.17, 15) is 0 Å². The lowest BCUT2D eigenvalue weighted by molar-refractivity contribution is 0.316. The highest BCUT2D eigenvalue weighted by molar-refractivity contribution is 14.1. The summed E-state index contributed by atoms with van der Waals surface area (Å²) in [5, 5.41) is 2.64. The molecule has 2 bridgehead atoms. The molecule has 0 saturated heterocycles. The van der Waals surface area contributed by atoms with E-state index in [0.29, 0.717) is 30.9 Å². The van der Waals surface area contributed by atoms with E-state index in [1.165, 1.54) is 51.2 Å².